The predicted octanol–water partition coefficient (Wildman–Crippen LogP) is 2.25. The van der Waals surface area contributed by atoms with Crippen LogP contribution in [0.2, 0.25) is 0 Å². The van der Waals surface area contributed by atoms with Crippen molar-refractivity contribution in [2.75, 3.05) is 26.7 Å². The SMILES string of the molecule is CCN(C)CC1CCC2(CCCC2)CN1. The average Bonchev–Trinajstić information content (AvgIpc) is 2.70. The highest BCUT2D eigenvalue weighted by Crippen LogP contribution is 2.43. The van der Waals surface area contributed by atoms with Gasteiger partial charge < -0.3 is 10.2 Å². The second-order valence-corrected chi connectivity index (χ2v) is 5.68. The Morgan fingerprint density at radius 2 is 2.00 bits per heavy atom. The van der Waals surface area contributed by atoms with Crippen LogP contribution in [0.3, 0.4) is 0 Å². The van der Waals surface area contributed by atoms with E-state index in [1.807, 2.05) is 0 Å². The minimum Gasteiger partial charge on any atom is -0.312 e. The number of rotatable bonds is 3. The molecule has 0 aromatic rings. The third-order valence-corrected chi connectivity index (χ3v) is 4.52. The van der Waals surface area contributed by atoms with Gasteiger partial charge in [-0.3, -0.25) is 0 Å². The first-order valence-corrected chi connectivity index (χ1v) is 6.66. The number of hydrogen-bond donors (Lipinski definition) is 1. The Morgan fingerprint density at radius 1 is 1.27 bits per heavy atom. The van der Waals surface area contributed by atoms with Gasteiger partial charge in [-0.15, -0.1) is 0 Å². The zero-order valence-electron chi connectivity index (χ0n) is 10.4. The molecule has 1 aliphatic heterocycles. The van der Waals surface area contributed by atoms with Crippen LogP contribution in [-0.4, -0.2) is 37.6 Å². The molecule has 1 aliphatic carbocycles. The Hall–Kier alpha value is -0.0800. The van der Waals surface area contributed by atoms with E-state index in [4.69, 9.17) is 0 Å². The Labute approximate surface area is 94.4 Å². The number of likely N-dealkylation sites (N-methyl/N-ethyl adjacent to an activating group) is 1. The fourth-order valence-corrected chi connectivity index (χ4v) is 3.24. The van der Waals surface area contributed by atoms with Crippen molar-refractivity contribution in [3.63, 3.8) is 0 Å². The van der Waals surface area contributed by atoms with Crippen molar-refractivity contribution in [2.24, 2.45) is 5.41 Å². The Morgan fingerprint density at radius 3 is 2.53 bits per heavy atom. The van der Waals surface area contributed by atoms with E-state index in [1.54, 1.807) is 0 Å². The van der Waals surface area contributed by atoms with Crippen LogP contribution in [0.4, 0.5) is 0 Å². The molecule has 1 saturated carbocycles. The molecule has 1 N–H and O–H groups in total. The summed E-state index contributed by atoms with van der Waals surface area (Å²) in [5.41, 5.74) is 0.710. The number of nitrogens with one attached hydrogen (secondary N) is 1. The third-order valence-electron chi connectivity index (χ3n) is 4.52. The highest BCUT2D eigenvalue weighted by molar-refractivity contribution is 4.93. The van der Waals surface area contributed by atoms with Gasteiger partial charge in [0.1, 0.15) is 0 Å². The molecule has 15 heavy (non-hydrogen) atoms. The molecule has 0 bridgehead atoms. The van der Waals surface area contributed by atoms with Gasteiger partial charge in [0.15, 0.2) is 0 Å². The summed E-state index contributed by atoms with van der Waals surface area (Å²) in [5.74, 6) is 0. The molecule has 2 fully saturated rings. The molecular weight excluding hydrogens is 184 g/mol. The second kappa shape index (κ2) is 4.84. The standard InChI is InChI=1S/C13H26N2/c1-3-15(2)10-12-6-9-13(11-14-12)7-4-5-8-13/h12,14H,3-11H2,1-2H3. The summed E-state index contributed by atoms with van der Waals surface area (Å²) in [7, 11) is 2.22. The van der Waals surface area contributed by atoms with Gasteiger partial charge >= 0.3 is 0 Å². The number of piperidine rings is 1. The maximum absolute atomic E-state index is 3.78. The highest BCUT2D eigenvalue weighted by atomic mass is 15.1. The lowest BCUT2D eigenvalue weighted by molar-refractivity contribution is 0.161. The fraction of sp³-hybridized carbons (Fsp3) is 1.00. The summed E-state index contributed by atoms with van der Waals surface area (Å²) in [6.45, 7) is 5.92. The summed E-state index contributed by atoms with van der Waals surface area (Å²) >= 11 is 0. The summed E-state index contributed by atoms with van der Waals surface area (Å²) in [6, 6.07) is 0.751. The van der Waals surface area contributed by atoms with E-state index in [2.05, 4.69) is 24.2 Å². The van der Waals surface area contributed by atoms with Crippen molar-refractivity contribution >= 4 is 0 Å². The molecule has 1 atom stereocenters. The molecule has 0 amide bonds. The normalized spacial score (nSPS) is 30.2. The lowest BCUT2D eigenvalue weighted by Crippen LogP contribution is -2.49. The number of hydrogen-bond acceptors (Lipinski definition) is 2. The van der Waals surface area contributed by atoms with Gasteiger partial charge in [0.2, 0.25) is 0 Å². The molecule has 1 unspecified atom stereocenters. The van der Waals surface area contributed by atoms with Crippen molar-refractivity contribution in [1.82, 2.24) is 10.2 Å². The zero-order valence-corrected chi connectivity index (χ0v) is 10.4. The first-order valence-electron chi connectivity index (χ1n) is 6.66. The van der Waals surface area contributed by atoms with Gasteiger partial charge in [-0.25, -0.2) is 0 Å². The predicted molar refractivity (Wildman–Crippen MR) is 65.1 cm³/mol. The smallest absolute Gasteiger partial charge is 0.0195 e. The molecule has 0 aromatic heterocycles. The molecule has 2 heteroatoms. The lowest BCUT2D eigenvalue weighted by atomic mass is 9.77. The maximum Gasteiger partial charge on any atom is 0.0195 e. The van der Waals surface area contributed by atoms with Gasteiger partial charge in [-0.2, -0.15) is 0 Å². The molecule has 2 rings (SSSR count). The third kappa shape index (κ3) is 2.73. The maximum atomic E-state index is 3.78. The van der Waals surface area contributed by atoms with Crippen LogP contribution in [0.25, 0.3) is 0 Å². The van der Waals surface area contributed by atoms with E-state index in [9.17, 15) is 0 Å². The summed E-state index contributed by atoms with van der Waals surface area (Å²) in [6.07, 6.45) is 8.78. The monoisotopic (exact) mass is 210 g/mol. The molecule has 1 spiro atoms. The van der Waals surface area contributed by atoms with Gasteiger partial charge in [0, 0.05) is 19.1 Å². The quantitative estimate of drug-likeness (QED) is 0.768. The van der Waals surface area contributed by atoms with Gasteiger partial charge in [0.05, 0.1) is 0 Å². The van der Waals surface area contributed by atoms with Crippen LogP contribution in [0, 0.1) is 5.41 Å². The largest absolute Gasteiger partial charge is 0.312 e. The van der Waals surface area contributed by atoms with Crippen LogP contribution < -0.4 is 5.32 Å². The second-order valence-electron chi connectivity index (χ2n) is 5.68. The van der Waals surface area contributed by atoms with Crippen LogP contribution in [0.15, 0.2) is 0 Å². The van der Waals surface area contributed by atoms with E-state index in [0.717, 1.165) is 6.04 Å². The molecule has 1 saturated heterocycles. The van der Waals surface area contributed by atoms with Crippen molar-refractivity contribution in [3.8, 4) is 0 Å². The molecule has 1 heterocycles. The zero-order chi connectivity index (χ0) is 10.7. The Balaban J connectivity index is 1.76. The first kappa shape index (κ1) is 11.4. The minimum atomic E-state index is 0.710. The van der Waals surface area contributed by atoms with E-state index in [-0.39, 0.29) is 0 Å². The molecular formula is C13H26N2. The van der Waals surface area contributed by atoms with E-state index in [1.165, 1.54) is 58.2 Å². The Bertz CT molecular complexity index is 187. The van der Waals surface area contributed by atoms with Gasteiger partial charge in [-0.05, 0) is 44.7 Å². The number of nitrogens with zero attached hydrogens (tertiary/aromatic N) is 1. The van der Waals surface area contributed by atoms with Crippen molar-refractivity contribution in [3.05, 3.63) is 0 Å². The summed E-state index contributed by atoms with van der Waals surface area (Å²) < 4.78 is 0. The highest BCUT2D eigenvalue weighted by Gasteiger charge is 2.37. The molecule has 2 aliphatic rings. The van der Waals surface area contributed by atoms with E-state index >= 15 is 0 Å². The minimum absolute atomic E-state index is 0.710. The van der Waals surface area contributed by atoms with Crippen molar-refractivity contribution in [1.29, 1.82) is 0 Å². The molecule has 88 valence electrons. The van der Waals surface area contributed by atoms with Crippen LogP contribution >= 0.6 is 0 Å². The fourth-order valence-electron chi connectivity index (χ4n) is 3.24. The van der Waals surface area contributed by atoms with E-state index in [0.29, 0.717) is 5.41 Å². The lowest BCUT2D eigenvalue weighted by Gasteiger charge is -2.39. The molecule has 2 nitrogen and oxygen atoms in total. The molecule has 0 aromatic carbocycles. The Kier molecular flexibility index (Phi) is 3.68. The summed E-state index contributed by atoms with van der Waals surface area (Å²) in [4.78, 5) is 2.42. The van der Waals surface area contributed by atoms with Crippen molar-refractivity contribution < 1.29 is 0 Å². The van der Waals surface area contributed by atoms with Crippen LogP contribution in [0.1, 0.15) is 45.4 Å². The van der Waals surface area contributed by atoms with Crippen LogP contribution in [0.5, 0.6) is 0 Å². The topological polar surface area (TPSA) is 15.3 Å². The average molecular weight is 210 g/mol. The molecule has 0 radical (unpaired) electrons. The van der Waals surface area contributed by atoms with Gasteiger partial charge in [0.25, 0.3) is 0 Å². The van der Waals surface area contributed by atoms with Gasteiger partial charge in [-0.1, -0.05) is 19.8 Å². The first-order chi connectivity index (χ1) is 7.24. The van der Waals surface area contributed by atoms with Crippen molar-refractivity contribution in [2.45, 2.75) is 51.5 Å². The van der Waals surface area contributed by atoms with Crippen LogP contribution in [-0.2, 0) is 0 Å². The van der Waals surface area contributed by atoms with E-state index < -0.39 is 0 Å². The summed E-state index contributed by atoms with van der Waals surface area (Å²) in [5, 5.41) is 3.78.